The highest BCUT2D eigenvalue weighted by Crippen LogP contribution is 2.36. The number of hydrogen-bond acceptors (Lipinski definition) is 4. The molecule has 0 fully saturated rings. The number of nitrogens with zero attached hydrogens (tertiary/aromatic N) is 3. The van der Waals surface area contributed by atoms with Crippen LogP contribution in [-0.2, 0) is 6.42 Å². The van der Waals surface area contributed by atoms with E-state index < -0.39 is 0 Å². The lowest BCUT2D eigenvalue weighted by molar-refractivity contribution is 0.396. The van der Waals surface area contributed by atoms with Gasteiger partial charge in [0, 0.05) is 35.8 Å². The Morgan fingerprint density at radius 1 is 1.00 bits per heavy atom. The standard InChI is InChI=1S/C15H11N3O/c1-19-13-3-2-10-11(18-13)8-12-14-9(4-6-16-12)5-7-17-15(10)14/h2-7H,8H2,1H3. The number of ether oxygens (including phenoxy) is 1. The molecule has 4 heteroatoms. The molecular formula is C15H11N3O. The second-order valence-electron chi connectivity index (χ2n) is 4.54. The number of fused-ring (bicyclic) bond motifs is 2. The van der Waals surface area contributed by atoms with Gasteiger partial charge >= 0.3 is 0 Å². The van der Waals surface area contributed by atoms with Crippen LogP contribution in [0.5, 0.6) is 5.88 Å². The van der Waals surface area contributed by atoms with Crippen molar-refractivity contribution in [2.45, 2.75) is 6.42 Å². The Balaban J connectivity index is 2.09. The summed E-state index contributed by atoms with van der Waals surface area (Å²) in [5, 5.41) is 2.32. The molecule has 1 aliphatic rings. The number of pyridine rings is 3. The van der Waals surface area contributed by atoms with Crippen molar-refractivity contribution in [1.29, 1.82) is 0 Å². The summed E-state index contributed by atoms with van der Waals surface area (Å²) in [6.07, 6.45) is 4.40. The van der Waals surface area contributed by atoms with Gasteiger partial charge in [-0.25, -0.2) is 4.98 Å². The topological polar surface area (TPSA) is 47.9 Å². The summed E-state index contributed by atoms with van der Waals surface area (Å²) < 4.78 is 5.19. The highest BCUT2D eigenvalue weighted by atomic mass is 16.5. The number of aromatic nitrogens is 3. The van der Waals surface area contributed by atoms with Gasteiger partial charge in [0.1, 0.15) is 0 Å². The minimum atomic E-state index is 0.630. The first-order valence-electron chi connectivity index (χ1n) is 6.14. The minimum Gasteiger partial charge on any atom is -0.481 e. The van der Waals surface area contributed by atoms with E-state index >= 15 is 0 Å². The molecule has 0 saturated carbocycles. The van der Waals surface area contributed by atoms with Crippen molar-refractivity contribution in [3.8, 4) is 17.1 Å². The summed E-state index contributed by atoms with van der Waals surface area (Å²) >= 11 is 0. The summed E-state index contributed by atoms with van der Waals surface area (Å²) in [4.78, 5) is 13.5. The quantitative estimate of drug-likeness (QED) is 0.520. The fourth-order valence-corrected chi connectivity index (χ4v) is 2.63. The molecule has 0 unspecified atom stereocenters. The molecular weight excluding hydrogens is 238 g/mol. The first-order chi connectivity index (χ1) is 9.36. The molecule has 0 radical (unpaired) electrons. The Morgan fingerprint density at radius 3 is 2.68 bits per heavy atom. The summed E-state index contributed by atoms with van der Waals surface area (Å²) in [6, 6.07) is 7.94. The SMILES string of the molecule is COc1ccc2c(n1)Cc1nccc3ccnc-2c13. The Bertz CT molecular complexity index is 793. The van der Waals surface area contributed by atoms with Gasteiger partial charge in [0.25, 0.3) is 0 Å². The molecule has 0 aromatic carbocycles. The molecule has 0 bridgehead atoms. The van der Waals surface area contributed by atoms with Gasteiger partial charge in [-0.1, -0.05) is 0 Å². The van der Waals surface area contributed by atoms with E-state index in [-0.39, 0.29) is 0 Å². The Labute approximate surface area is 110 Å². The third-order valence-electron chi connectivity index (χ3n) is 3.50. The maximum Gasteiger partial charge on any atom is 0.213 e. The van der Waals surface area contributed by atoms with Crippen LogP contribution in [0.15, 0.2) is 36.7 Å². The van der Waals surface area contributed by atoms with E-state index in [1.54, 1.807) is 7.11 Å². The second-order valence-corrected chi connectivity index (χ2v) is 4.54. The van der Waals surface area contributed by atoms with Crippen molar-refractivity contribution >= 4 is 10.8 Å². The average molecular weight is 249 g/mol. The van der Waals surface area contributed by atoms with Crippen molar-refractivity contribution in [3.63, 3.8) is 0 Å². The Hall–Kier alpha value is -2.49. The fourth-order valence-electron chi connectivity index (χ4n) is 2.63. The smallest absolute Gasteiger partial charge is 0.213 e. The first-order valence-corrected chi connectivity index (χ1v) is 6.14. The van der Waals surface area contributed by atoms with Crippen LogP contribution in [-0.4, -0.2) is 22.1 Å². The van der Waals surface area contributed by atoms with Crippen molar-refractivity contribution < 1.29 is 4.74 Å². The van der Waals surface area contributed by atoms with E-state index in [0.717, 1.165) is 34.5 Å². The van der Waals surface area contributed by atoms with Gasteiger partial charge in [-0.2, -0.15) is 0 Å². The molecule has 0 saturated heterocycles. The van der Waals surface area contributed by atoms with Crippen molar-refractivity contribution in [2.75, 3.05) is 7.11 Å². The molecule has 0 aliphatic heterocycles. The first kappa shape index (κ1) is 10.4. The normalized spacial score (nSPS) is 12.3. The summed E-state index contributed by atoms with van der Waals surface area (Å²) in [7, 11) is 1.63. The van der Waals surface area contributed by atoms with Crippen molar-refractivity contribution in [1.82, 2.24) is 15.0 Å². The highest BCUT2D eigenvalue weighted by Gasteiger charge is 2.21. The third kappa shape index (κ3) is 1.43. The maximum atomic E-state index is 5.19. The Morgan fingerprint density at radius 2 is 1.84 bits per heavy atom. The average Bonchev–Trinajstić information content (AvgIpc) is 2.47. The lowest BCUT2D eigenvalue weighted by Gasteiger charge is -2.18. The summed E-state index contributed by atoms with van der Waals surface area (Å²) in [5.74, 6) is 0.630. The number of rotatable bonds is 1. The number of methoxy groups -OCH3 is 1. The molecule has 3 aromatic heterocycles. The van der Waals surface area contributed by atoms with E-state index in [1.807, 2.05) is 36.7 Å². The maximum absolute atomic E-state index is 5.19. The monoisotopic (exact) mass is 249 g/mol. The molecule has 3 aromatic rings. The van der Waals surface area contributed by atoms with Gasteiger partial charge in [0.2, 0.25) is 5.88 Å². The minimum absolute atomic E-state index is 0.630. The van der Waals surface area contributed by atoms with E-state index in [9.17, 15) is 0 Å². The van der Waals surface area contributed by atoms with Crippen LogP contribution in [0.3, 0.4) is 0 Å². The predicted octanol–water partition coefficient (Wildman–Crippen LogP) is 2.60. The van der Waals surface area contributed by atoms with Crippen LogP contribution in [0.4, 0.5) is 0 Å². The fraction of sp³-hybridized carbons (Fsp3) is 0.133. The summed E-state index contributed by atoms with van der Waals surface area (Å²) in [6.45, 7) is 0. The molecule has 0 N–H and O–H groups in total. The van der Waals surface area contributed by atoms with Crippen LogP contribution < -0.4 is 4.74 Å². The molecule has 1 aliphatic carbocycles. The van der Waals surface area contributed by atoms with E-state index in [4.69, 9.17) is 4.74 Å². The zero-order chi connectivity index (χ0) is 12.8. The van der Waals surface area contributed by atoms with Gasteiger partial charge in [-0.3, -0.25) is 9.97 Å². The zero-order valence-corrected chi connectivity index (χ0v) is 10.4. The lowest BCUT2D eigenvalue weighted by Crippen LogP contribution is -2.07. The van der Waals surface area contributed by atoms with Gasteiger partial charge in [0.05, 0.1) is 24.2 Å². The molecule has 0 spiro atoms. The second kappa shape index (κ2) is 3.75. The molecule has 0 atom stereocenters. The molecule has 4 nitrogen and oxygen atoms in total. The van der Waals surface area contributed by atoms with Crippen molar-refractivity contribution in [2.24, 2.45) is 0 Å². The van der Waals surface area contributed by atoms with Crippen LogP contribution in [0.1, 0.15) is 11.4 Å². The van der Waals surface area contributed by atoms with Crippen molar-refractivity contribution in [3.05, 3.63) is 48.0 Å². The zero-order valence-electron chi connectivity index (χ0n) is 10.4. The largest absolute Gasteiger partial charge is 0.481 e. The predicted molar refractivity (Wildman–Crippen MR) is 72.1 cm³/mol. The van der Waals surface area contributed by atoms with Gasteiger partial charge in [0.15, 0.2) is 0 Å². The highest BCUT2D eigenvalue weighted by molar-refractivity contribution is 5.98. The van der Waals surface area contributed by atoms with Gasteiger partial charge in [-0.15, -0.1) is 0 Å². The van der Waals surface area contributed by atoms with Crippen LogP contribution in [0.2, 0.25) is 0 Å². The molecule has 92 valence electrons. The lowest BCUT2D eigenvalue weighted by atomic mass is 9.93. The molecule has 19 heavy (non-hydrogen) atoms. The Kier molecular flexibility index (Phi) is 2.06. The van der Waals surface area contributed by atoms with Gasteiger partial charge < -0.3 is 4.74 Å². The van der Waals surface area contributed by atoms with Gasteiger partial charge in [-0.05, 0) is 23.6 Å². The molecule has 3 heterocycles. The van der Waals surface area contributed by atoms with E-state index in [1.165, 1.54) is 5.39 Å². The van der Waals surface area contributed by atoms with Crippen LogP contribution >= 0.6 is 0 Å². The van der Waals surface area contributed by atoms with Crippen LogP contribution in [0.25, 0.3) is 22.0 Å². The third-order valence-corrected chi connectivity index (χ3v) is 3.50. The van der Waals surface area contributed by atoms with E-state index in [0.29, 0.717) is 5.88 Å². The molecule has 0 amide bonds. The molecule has 4 rings (SSSR count). The van der Waals surface area contributed by atoms with Crippen LogP contribution in [0, 0.1) is 0 Å². The summed E-state index contributed by atoms with van der Waals surface area (Å²) in [5.41, 5.74) is 4.06. The van der Waals surface area contributed by atoms with E-state index in [2.05, 4.69) is 15.0 Å². The number of hydrogen-bond donors (Lipinski definition) is 0.